The van der Waals surface area contributed by atoms with Crippen molar-refractivity contribution in [1.82, 2.24) is 15.0 Å². The Morgan fingerprint density at radius 3 is 2.61 bits per heavy atom. The Kier molecular flexibility index (Phi) is 7.07. The van der Waals surface area contributed by atoms with Crippen LogP contribution in [0.5, 0.6) is 0 Å². The molecule has 7 heteroatoms. The van der Waals surface area contributed by atoms with Crippen LogP contribution < -0.4 is 5.32 Å². The zero-order chi connectivity index (χ0) is 22.4. The Hall–Kier alpha value is -3.61. The van der Waals surface area contributed by atoms with Crippen LogP contribution in [0.3, 0.4) is 0 Å². The van der Waals surface area contributed by atoms with E-state index >= 15 is 0 Å². The topological polar surface area (TPSA) is 86.4 Å². The fourth-order valence-corrected chi connectivity index (χ4v) is 3.31. The van der Waals surface area contributed by atoms with Crippen molar-refractivity contribution in [2.75, 3.05) is 6.54 Å². The number of amides is 1. The third kappa shape index (κ3) is 5.72. The molecule has 0 aliphatic heterocycles. The maximum Gasteiger partial charge on any atom is 0.331 e. The van der Waals surface area contributed by atoms with Gasteiger partial charge in [0, 0.05) is 30.1 Å². The van der Waals surface area contributed by atoms with Crippen LogP contribution >= 0.6 is 0 Å². The Bertz CT molecular complexity index is 1080. The summed E-state index contributed by atoms with van der Waals surface area (Å²) in [5.74, 6) is 0.514. The predicted molar refractivity (Wildman–Crippen MR) is 118 cm³/mol. The van der Waals surface area contributed by atoms with Crippen molar-refractivity contribution in [1.29, 1.82) is 0 Å². The summed E-state index contributed by atoms with van der Waals surface area (Å²) in [6, 6.07) is 13.7. The molecule has 0 unspecified atom stereocenters. The summed E-state index contributed by atoms with van der Waals surface area (Å²) in [7, 11) is 0. The van der Waals surface area contributed by atoms with E-state index in [4.69, 9.17) is 9.26 Å². The molecule has 3 rings (SSSR count). The quantitative estimate of drug-likeness (QED) is 0.443. The molecule has 0 spiro atoms. The summed E-state index contributed by atoms with van der Waals surface area (Å²) in [5, 5.41) is 6.84. The van der Waals surface area contributed by atoms with Crippen LogP contribution in [0.4, 0.5) is 0 Å². The van der Waals surface area contributed by atoms with Crippen LogP contribution in [0.25, 0.3) is 11.9 Å². The molecule has 7 nitrogen and oxygen atoms in total. The van der Waals surface area contributed by atoms with Crippen molar-refractivity contribution in [2.45, 2.75) is 40.2 Å². The maximum absolute atomic E-state index is 12.2. The van der Waals surface area contributed by atoms with Gasteiger partial charge < -0.3 is 14.6 Å². The van der Waals surface area contributed by atoms with E-state index in [-0.39, 0.29) is 5.91 Å². The summed E-state index contributed by atoms with van der Waals surface area (Å²) in [5.41, 5.74) is 3.87. The first-order valence-corrected chi connectivity index (χ1v) is 10.2. The summed E-state index contributed by atoms with van der Waals surface area (Å²) < 4.78 is 12.3. The van der Waals surface area contributed by atoms with Gasteiger partial charge in [-0.05, 0) is 57.4 Å². The minimum atomic E-state index is -0.876. The Labute approximate surface area is 181 Å². The van der Waals surface area contributed by atoms with Crippen LogP contribution in [0.1, 0.15) is 35.2 Å². The average molecular weight is 421 g/mol. The number of rotatable bonds is 8. The van der Waals surface area contributed by atoms with E-state index < -0.39 is 12.1 Å². The molecule has 1 atom stereocenters. The van der Waals surface area contributed by atoms with Gasteiger partial charge in [-0.15, -0.1) is 0 Å². The van der Waals surface area contributed by atoms with Gasteiger partial charge in [-0.1, -0.05) is 35.5 Å². The molecule has 0 bridgehead atoms. The van der Waals surface area contributed by atoms with E-state index in [0.717, 1.165) is 28.3 Å². The molecule has 1 N–H and O–H groups in total. The smallest absolute Gasteiger partial charge is 0.331 e. The van der Waals surface area contributed by atoms with Crippen molar-refractivity contribution < 1.29 is 18.8 Å². The summed E-state index contributed by atoms with van der Waals surface area (Å²) in [4.78, 5) is 24.4. The first-order valence-electron chi connectivity index (χ1n) is 10.2. The van der Waals surface area contributed by atoms with E-state index in [1.807, 2.05) is 67.8 Å². The molecule has 2 aromatic heterocycles. The molecule has 162 valence electrons. The minimum absolute atomic E-state index is 0.322. The van der Waals surface area contributed by atoms with Gasteiger partial charge in [0.25, 0.3) is 5.91 Å². The lowest BCUT2D eigenvalue weighted by atomic mass is 10.1. The van der Waals surface area contributed by atoms with Crippen LogP contribution in [0.15, 0.2) is 53.1 Å². The Balaban J connectivity index is 1.53. The number of nitrogens with zero attached hydrogens (tertiary/aromatic N) is 2. The predicted octanol–water partition coefficient (Wildman–Crippen LogP) is 3.69. The molecule has 3 aromatic rings. The highest BCUT2D eigenvalue weighted by atomic mass is 16.5. The van der Waals surface area contributed by atoms with E-state index in [0.29, 0.717) is 18.8 Å². The van der Waals surface area contributed by atoms with E-state index in [1.54, 1.807) is 13.0 Å². The zero-order valence-corrected chi connectivity index (χ0v) is 18.2. The fraction of sp³-hybridized carbons (Fsp3) is 0.292. The molecular formula is C24H27N3O4. The number of nitrogens with one attached hydrogen (secondary N) is 1. The molecule has 1 aromatic carbocycles. The molecule has 0 saturated carbocycles. The van der Waals surface area contributed by atoms with Gasteiger partial charge in [0.2, 0.25) is 0 Å². The first-order chi connectivity index (χ1) is 14.8. The molecular weight excluding hydrogens is 394 g/mol. The Morgan fingerprint density at radius 2 is 1.94 bits per heavy atom. The molecule has 1 amide bonds. The fourth-order valence-electron chi connectivity index (χ4n) is 3.31. The summed E-state index contributed by atoms with van der Waals surface area (Å²) >= 11 is 0. The van der Waals surface area contributed by atoms with Gasteiger partial charge in [-0.2, -0.15) is 0 Å². The monoisotopic (exact) mass is 421 g/mol. The summed E-state index contributed by atoms with van der Waals surface area (Å²) in [6.45, 7) is 7.76. The minimum Gasteiger partial charge on any atom is -0.449 e. The average Bonchev–Trinajstić information content (AvgIpc) is 3.28. The van der Waals surface area contributed by atoms with E-state index in [9.17, 15) is 9.59 Å². The molecule has 0 saturated heterocycles. The number of carbonyl (C=O) groups excluding carboxylic acids is 2. The highest BCUT2D eigenvalue weighted by Gasteiger charge is 2.16. The molecule has 0 aliphatic carbocycles. The van der Waals surface area contributed by atoms with Gasteiger partial charge in [0.1, 0.15) is 5.76 Å². The van der Waals surface area contributed by atoms with E-state index in [2.05, 4.69) is 10.5 Å². The lowest BCUT2D eigenvalue weighted by molar-refractivity contribution is -0.150. The third-order valence-corrected chi connectivity index (χ3v) is 4.93. The van der Waals surface area contributed by atoms with Gasteiger partial charge >= 0.3 is 5.97 Å². The van der Waals surface area contributed by atoms with Crippen LogP contribution in [-0.4, -0.2) is 34.2 Å². The van der Waals surface area contributed by atoms with Crippen molar-refractivity contribution >= 4 is 18.0 Å². The number of benzene rings is 1. The van der Waals surface area contributed by atoms with Gasteiger partial charge in [-0.25, -0.2) is 4.79 Å². The second kappa shape index (κ2) is 9.93. The zero-order valence-electron chi connectivity index (χ0n) is 18.2. The molecule has 0 fully saturated rings. The standard InChI is InChI=1S/C24H27N3O4/c1-16-14-21(18(3)27(16)22-15-17(2)31-26-22)10-11-23(28)30-19(4)24(29)25-13-12-20-8-6-5-7-9-20/h5-11,14-15,19H,12-13H2,1-4H3,(H,25,29)/b11-10+/t19-/m1/s1. The lowest BCUT2D eigenvalue weighted by Gasteiger charge is -2.12. The van der Waals surface area contributed by atoms with Crippen molar-refractivity contribution in [3.05, 3.63) is 76.8 Å². The van der Waals surface area contributed by atoms with E-state index in [1.165, 1.54) is 6.08 Å². The normalized spacial score (nSPS) is 12.1. The largest absolute Gasteiger partial charge is 0.449 e. The highest BCUT2D eigenvalue weighted by molar-refractivity contribution is 5.90. The number of aromatic nitrogens is 2. The second-order valence-electron chi connectivity index (χ2n) is 7.40. The van der Waals surface area contributed by atoms with Crippen LogP contribution in [-0.2, 0) is 20.7 Å². The number of ether oxygens (including phenoxy) is 1. The molecule has 2 heterocycles. The number of esters is 1. The number of aryl methyl sites for hydroxylation is 2. The number of hydrogen-bond donors (Lipinski definition) is 1. The third-order valence-electron chi connectivity index (χ3n) is 4.93. The molecule has 0 radical (unpaired) electrons. The van der Waals surface area contributed by atoms with Crippen LogP contribution in [0.2, 0.25) is 0 Å². The lowest BCUT2D eigenvalue weighted by Crippen LogP contribution is -2.36. The number of hydrogen-bond acceptors (Lipinski definition) is 5. The molecule has 0 aliphatic rings. The molecule has 31 heavy (non-hydrogen) atoms. The van der Waals surface area contributed by atoms with Gasteiger partial charge in [0.15, 0.2) is 11.9 Å². The van der Waals surface area contributed by atoms with Crippen molar-refractivity contribution in [3.8, 4) is 5.82 Å². The van der Waals surface area contributed by atoms with Gasteiger partial charge in [-0.3, -0.25) is 9.36 Å². The van der Waals surface area contributed by atoms with Crippen molar-refractivity contribution in [3.63, 3.8) is 0 Å². The highest BCUT2D eigenvalue weighted by Crippen LogP contribution is 2.21. The van der Waals surface area contributed by atoms with Gasteiger partial charge in [0.05, 0.1) is 0 Å². The summed E-state index contributed by atoms with van der Waals surface area (Å²) in [6.07, 6.45) is 2.84. The second-order valence-corrected chi connectivity index (χ2v) is 7.40. The SMILES string of the molecule is Cc1cc(-n2c(C)cc(/C=C/C(=O)O[C@H](C)C(=O)NCCc3ccccc3)c2C)no1. The Morgan fingerprint density at radius 1 is 1.19 bits per heavy atom. The van der Waals surface area contributed by atoms with Crippen LogP contribution in [0, 0.1) is 20.8 Å². The van der Waals surface area contributed by atoms with Crippen molar-refractivity contribution in [2.24, 2.45) is 0 Å². The number of carbonyl (C=O) groups is 2. The maximum atomic E-state index is 12.2. The first kappa shape index (κ1) is 22.1.